The lowest BCUT2D eigenvalue weighted by Gasteiger charge is -2.08. The number of hydrogen-bond donors (Lipinski definition) is 2. The molecule has 0 saturated carbocycles. The molecule has 1 aromatic carbocycles. The SMILES string of the molecule is CCCC(=O)Nc1ccc(NC(C)=O)c(Cl)c1. The zero-order chi connectivity index (χ0) is 12.8. The molecular weight excluding hydrogens is 240 g/mol. The first-order valence-electron chi connectivity index (χ1n) is 5.40. The summed E-state index contributed by atoms with van der Waals surface area (Å²) in [6.45, 7) is 3.35. The third kappa shape index (κ3) is 4.44. The van der Waals surface area contributed by atoms with Gasteiger partial charge >= 0.3 is 0 Å². The quantitative estimate of drug-likeness (QED) is 0.868. The van der Waals surface area contributed by atoms with Gasteiger partial charge in [-0.3, -0.25) is 9.59 Å². The summed E-state index contributed by atoms with van der Waals surface area (Å²) < 4.78 is 0. The fraction of sp³-hybridized carbons (Fsp3) is 0.333. The van der Waals surface area contributed by atoms with Crippen LogP contribution in [0.5, 0.6) is 0 Å². The Balaban J connectivity index is 2.74. The highest BCUT2D eigenvalue weighted by molar-refractivity contribution is 6.34. The summed E-state index contributed by atoms with van der Waals surface area (Å²) in [5.41, 5.74) is 1.16. The van der Waals surface area contributed by atoms with Crippen molar-refractivity contribution >= 4 is 34.8 Å². The summed E-state index contributed by atoms with van der Waals surface area (Å²) in [5, 5.41) is 5.72. The van der Waals surface area contributed by atoms with Crippen molar-refractivity contribution in [3.63, 3.8) is 0 Å². The number of carbonyl (C=O) groups excluding carboxylic acids is 2. The predicted molar refractivity (Wildman–Crippen MR) is 69.3 cm³/mol. The van der Waals surface area contributed by atoms with E-state index in [0.717, 1.165) is 6.42 Å². The summed E-state index contributed by atoms with van der Waals surface area (Å²) >= 11 is 5.97. The van der Waals surface area contributed by atoms with Gasteiger partial charge in [-0.1, -0.05) is 18.5 Å². The minimum atomic E-state index is -0.185. The van der Waals surface area contributed by atoms with Gasteiger partial charge in [0.1, 0.15) is 0 Å². The molecule has 2 amide bonds. The molecule has 1 rings (SSSR count). The van der Waals surface area contributed by atoms with Crippen molar-refractivity contribution in [3.05, 3.63) is 23.2 Å². The third-order valence-electron chi connectivity index (χ3n) is 2.04. The van der Waals surface area contributed by atoms with E-state index in [1.807, 2.05) is 6.92 Å². The Hall–Kier alpha value is -1.55. The molecule has 0 heterocycles. The molecule has 4 nitrogen and oxygen atoms in total. The molecule has 0 fully saturated rings. The van der Waals surface area contributed by atoms with Crippen LogP contribution >= 0.6 is 11.6 Å². The average Bonchev–Trinajstić information content (AvgIpc) is 2.22. The van der Waals surface area contributed by atoms with Crippen LogP contribution in [0.3, 0.4) is 0 Å². The van der Waals surface area contributed by atoms with E-state index >= 15 is 0 Å². The maximum absolute atomic E-state index is 11.4. The lowest BCUT2D eigenvalue weighted by Crippen LogP contribution is -2.11. The highest BCUT2D eigenvalue weighted by Crippen LogP contribution is 2.25. The summed E-state index contributed by atoms with van der Waals surface area (Å²) in [6, 6.07) is 4.97. The van der Waals surface area contributed by atoms with Crippen LogP contribution in [-0.4, -0.2) is 11.8 Å². The molecule has 17 heavy (non-hydrogen) atoms. The van der Waals surface area contributed by atoms with Gasteiger partial charge in [-0.25, -0.2) is 0 Å². The van der Waals surface area contributed by atoms with Crippen molar-refractivity contribution in [2.75, 3.05) is 10.6 Å². The average molecular weight is 255 g/mol. The van der Waals surface area contributed by atoms with Crippen LogP contribution in [-0.2, 0) is 9.59 Å². The Morgan fingerprint density at radius 1 is 1.29 bits per heavy atom. The normalized spacial score (nSPS) is 9.82. The van der Waals surface area contributed by atoms with E-state index in [1.54, 1.807) is 18.2 Å². The summed E-state index contributed by atoms with van der Waals surface area (Å²) in [7, 11) is 0. The van der Waals surface area contributed by atoms with E-state index in [1.165, 1.54) is 6.92 Å². The van der Waals surface area contributed by atoms with Crippen LogP contribution < -0.4 is 10.6 Å². The number of amides is 2. The van der Waals surface area contributed by atoms with Crippen molar-refractivity contribution in [3.8, 4) is 0 Å². The monoisotopic (exact) mass is 254 g/mol. The first-order chi connectivity index (χ1) is 8.02. The van der Waals surface area contributed by atoms with Gasteiger partial charge in [0.25, 0.3) is 0 Å². The maximum atomic E-state index is 11.4. The Kier molecular flexibility index (Phi) is 4.97. The zero-order valence-electron chi connectivity index (χ0n) is 9.84. The molecule has 0 aliphatic rings. The number of nitrogens with one attached hydrogen (secondary N) is 2. The van der Waals surface area contributed by atoms with Crippen LogP contribution in [0.15, 0.2) is 18.2 Å². The van der Waals surface area contributed by atoms with Gasteiger partial charge in [0.2, 0.25) is 11.8 Å². The van der Waals surface area contributed by atoms with E-state index in [-0.39, 0.29) is 11.8 Å². The fourth-order valence-corrected chi connectivity index (χ4v) is 1.56. The number of hydrogen-bond acceptors (Lipinski definition) is 2. The Labute approximate surface area is 105 Å². The van der Waals surface area contributed by atoms with E-state index in [9.17, 15) is 9.59 Å². The molecule has 2 N–H and O–H groups in total. The van der Waals surface area contributed by atoms with E-state index in [2.05, 4.69) is 10.6 Å². The topological polar surface area (TPSA) is 58.2 Å². The molecule has 92 valence electrons. The van der Waals surface area contributed by atoms with Crippen molar-refractivity contribution < 1.29 is 9.59 Å². The number of anilines is 2. The Morgan fingerprint density at radius 2 is 2.00 bits per heavy atom. The number of rotatable bonds is 4. The van der Waals surface area contributed by atoms with E-state index in [4.69, 9.17) is 11.6 Å². The molecule has 0 unspecified atom stereocenters. The fourth-order valence-electron chi connectivity index (χ4n) is 1.33. The van der Waals surface area contributed by atoms with Crippen LogP contribution in [0, 0.1) is 0 Å². The summed E-state index contributed by atoms with van der Waals surface area (Å²) in [5.74, 6) is -0.231. The molecular formula is C12H15ClN2O2. The highest BCUT2D eigenvalue weighted by Gasteiger charge is 2.05. The number of carbonyl (C=O) groups is 2. The Morgan fingerprint density at radius 3 is 2.53 bits per heavy atom. The van der Waals surface area contributed by atoms with Crippen molar-refractivity contribution in [2.45, 2.75) is 26.7 Å². The first kappa shape index (κ1) is 13.5. The van der Waals surface area contributed by atoms with Gasteiger partial charge in [0, 0.05) is 19.0 Å². The van der Waals surface area contributed by atoms with E-state index < -0.39 is 0 Å². The van der Waals surface area contributed by atoms with Crippen LogP contribution in [0.25, 0.3) is 0 Å². The first-order valence-corrected chi connectivity index (χ1v) is 5.77. The number of halogens is 1. The largest absolute Gasteiger partial charge is 0.326 e. The van der Waals surface area contributed by atoms with Crippen LogP contribution in [0.1, 0.15) is 26.7 Å². The minimum Gasteiger partial charge on any atom is -0.326 e. The van der Waals surface area contributed by atoms with Crippen LogP contribution in [0.2, 0.25) is 5.02 Å². The lowest BCUT2D eigenvalue weighted by atomic mass is 10.2. The maximum Gasteiger partial charge on any atom is 0.224 e. The zero-order valence-corrected chi connectivity index (χ0v) is 10.6. The van der Waals surface area contributed by atoms with Gasteiger partial charge in [-0.15, -0.1) is 0 Å². The molecule has 0 atom stereocenters. The standard InChI is InChI=1S/C12H15ClN2O2/c1-3-4-12(17)15-9-5-6-11(10(13)7-9)14-8(2)16/h5-7H,3-4H2,1-2H3,(H,14,16)(H,15,17). The molecule has 0 aliphatic carbocycles. The second-order valence-electron chi connectivity index (χ2n) is 3.67. The molecule has 5 heteroatoms. The second kappa shape index (κ2) is 6.25. The molecule has 0 spiro atoms. The molecule has 0 aliphatic heterocycles. The van der Waals surface area contributed by atoms with Crippen molar-refractivity contribution in [1.29, 1.82) is 0 Å². The summed E-state index contributed by atoms with van der Waals surface area (Å²) in [4.78, 5) is 22.2. The summed E-state index contributed by atoms with van der Waals surface area (Å²) in [6.07, 6.45) is 1.27. The smallest absolute Gasteiger partial charge is 0.224 e. The predicted octanol–water partition coefficient (Wildman–Crippen LogP) is 3.04. The van der Waals surface area contributed by atoms with Crippen molar-refractivity contribution in [2.24, 2.45) is 0 Å². The third-order valence-corrected chi connectivity index (χ3v) is 2.35. The lowest BCUT2D eigenvalue weighted by molar-refractivity contribution is -0.116. The van der Waals surface area contributed by atoms with Crippen molar-refractivity contribution in [1.82, 2.24) is 0 Å². The Bertz CT molecular complexity index is 433. The highest BCUT2D eigenvalue weighted by atomic mass is 35.5. The molecule has 1 aromatic rings. The van der Waals surface area contributed by atoms with E-state index in [0.29, 0.717) is 22.8 Å². The second-order valence-corrected chi connectivity index (χ2v) is 4.08. The van der Waals surface area contributed by atoms with Gasteiger partial charge in [-0.05, 0) is 24.6 Å². The molecule has 0 aromatic heterocycles. The van der Waals surface area contributed by atoms with Gasteiger partial charge in [0.05, 0.1) is 10.7 Å². The molecule has 0 saturated heterocycles. The molecule has 0 bridgehead atoms. The van der Waals surface area contributed by atoms with Gasteiger partial charge in [0.15, 0.2) is 0 Å². The van der Waals surface area contributed by atoms with Crippen LogP contribution in [0.4, 0.5) is 11.4 Å². The molecule has 0 radical (unpaired) electrons. The minimum absolute atomic E-state index is 0.0455. The number of benzene rings is 1. The van der Waals surface area contributed by atoms with Gasteiger partial charge < -0.3 is 10.6 Å². The van der Waals surface area contributed by atoms with Gasteiger partial charge in [-0.2, -0.15) is 0 Å².